The SMILES string of the molecule is COc1ccc(Cc2nc(C(=O)Nc3ccc(Br)c(C)c3)cc(=O)[nH]2)cc1. The summed E-state index contributed by atoms with van der Waals surface area (Å²) < 4.78 is 6.09. The van der Waals surface area contributed by atoms with Crippen molar-refractivity contribution in [3.63, 3.8) is 0 Å². The molecule has 3 rings (SSSR count). The van der Waals surface area contributed by atoms with Crippen molar-refractivity contribution in [1.29, 1.82) is 0 Å². The highest BCUT2D eigenvalue weighted by Gasteiger charge is 2.12. The van der Waals surface area contributed by atoms with Crippen LogP contribution in [0.25, 0.3) is 0 Å². The van der Waals surface area contributed by atoms with E-state index in [2.05, 4.69) is 31.2 Å². The smallest absolute Gasteiger partial charge is 0.274 e. The molecule has 0 saturated carbocycles. The lowest BCUT2D eigenvalue weighted by atomic mass is 10.1. The number of carbonyl (C=O) groups excluding carboxylic acids is 1. The molecule has 0 atom stereocenters. The Kier molecular flexibility index (Phi) is 5.71. The number of nitrogens with zero attached hydrogens (tertiary/aromatic N) is 1. The second kappa shape index (κ2) is 8.18. The number of nitrogens with one attached hydrogen (secondary N) is 2. The molecule has 0 bridgehead atoms. The number of hydrogen-bond acceptors (Lipinski definition) is 4. The van der Waals surface area contributed by atoms with E-state index in [0.717, 1.165) is 21.3 Å². The summed E-state index contributed by atoms with van der Waals surface area (Å²) in [7, 11) is 1.60. The predicted molar refractivity (Wildman–Crippen MR) is 107 cm³/mol. The van der Waals surface area contributed by atoms with Crippen molar-refractivity contribution >= 4 is 27.5 Å². The molecule has 27 heavy (non-hydrogen) atoms. The number of hydrogen-bond donors (Lipinski definition) is 2. The highest BCUT2D eigenvalue weighted by Crippen LogP contribution is 2.20. The summed E-state index contributed by atoms with van der Waals surface area (Å²) in [4.78, 5) is 31.4. The van der Waals surface area contributed by atoms with Crippen LogP contribution in [0.3, 0.4) is 0 Å². The van der Waals surface area contributed by atoms with Gasteiger partial charge in [0, 0.05) is 22.6 Å². The number of H-pyrrole nitrogens is 1. The molecule has 0 fully saturated rings. The number of ether oxygens (including phenoxy) is 1. The van der Waals surface area contributed by atoms with Crippen molar-refractivity contribution in [2.75, 3.05) is 12.4 Å². The van der Waals surface area contributed by atoms with Crippen molar-refractivity contribution < 1.29 is 9.53 Å². The Hall–Kier alpha value is -2.93. The first-order valence-electron chi connectivity index (χ1n) is 8.25. The molecular formula is C20H18BrN3O3. The first kappa shape index (κ1) is 18.8. The van der Waals surface area contributed by atoms with E-state index in [0.29, 0.717) is 17.9 Å². The zero-order valence-electron chi connectivity index (χ0n) is 14.9. The van der Waals surface area contributed by atoms with Gasteiger partial charge in [0.1, 0.15) is 17.3 Å². The van der Waals surface area contributed by atoms with Gasteiger partial charge in [-0.3, -0.25) is 9.59 Å². The fraction of sp³-hybridized carbons (Fsp3) is 0.150. The molecule has 0 aliphatic heterocycles. The number of aryl methyl sites for hydroxylation is 1. The van der Waals surface area contributed by atoms with Crippen molar-refractivity contribution in [2.45, 2.75) is 13.3 Å². The predicted octanol–water partition coefficient (Wildman–Crippen LogP) is 3.69. The number of rotatable bonds is 5. The minimum atomic E-state index is -0.432. The summed E-state index contributed by atoms with van der Waals surface area (Å²) >= 11 is 3.42. The molecule has 0 aliphatic carbocycles. The second-order valence-corrected chi connectivity index (χ2v) is 6.87. The van der Waals surface area contributed by atoms with Crippen LogP contribution in [-0.2, 0) is 6.42 Å². The van der Waals surface area contributed by atoms with Gasteiger partial charge in [0.25, 0.3) is 11.5 Å². The number of carbonyl (C=O) groups is 1. The number of amides is 1. The third-order valence-electron chi connectivity index (χ3n) is 3.97. The Labute approximate surface area is 164 Å². The molecule has 1 amide bonds. The van der Waals surface area contributed by atoms with Crippen LogP contribution in [0.4, 0.5) is 5.69 Å². The molecular weight excluding hydrogens is 410 g/mol. The Morgan fingerprint density at radius 2 is 1.93 bits per heavy atom. The Balaban J connectivity index is 1.80. The molecule has 1 aromatic heterocycles. The summed E-state index contributed by atoms with van der Waals surface area (Å²) in [5.41, 5.74) is 2.28. The number of methoxy groups -OCH3 is 1. The van der Waals surface area contributed by atoms with Gasteiger partial charge in [0.15, 0.2) is 0 Å². The van der Waals surface area contributed by atoms with Gasteiger partial charge in [-0.2, -0.15) is 0 Å². The van der Waals surface area contributed by atoms with E-state index in [1.165, 1.54) is 6.07 Å². The van der Waals surface area contributed by atoms with Crippen molar-refractivity contribution in [3.8, 4) is 5.75 Å². The van der Waals surface area contributed by atoms with Crippen LogP contribution < -0.4 is 15.6 Å². The van der Waals surface area contributed by atoms with Gasteiger partial charge in [0.05, 0.1) is 7.11 Å². The third-order valence-corrected chi connectivity index (χ3v) is 4.86. The van der Waals surface area contributed by atoms with E-state index in [4.69, 9.17) is 4.74 Å². The van der Waals surface area contributed by atoms with Gasteiger partial charge in [-0.15, -0.1) is 0 Å². The van der Waals surface area contributed by atoms with Crippen LogP contribution in [0.15, 0.2) is 57.8 Å². The Morgan fingerprint density at radius 3 is 2.59 bits per heavy atom. The molecule has 0 unspecified atom stereocenters. The maximum Gasteiger partial charge on any atom is 0.274 e. The van der Waals surface area contributed by atoms with Crippen molar-refractivity contribution in [2.24, 2.45) is 0 Å². The summed E-state index contributed by atoms with van der Waals surface area (Å²) in [6, 6.07) is 14.1. The minimum absolute atomic E-state index is 0.0721. The first-order valence-corrected chi connectivity index (χ1v) is 9.04. The summed E-state index contributed by atoms with van der Waals surface area (Å²) in [6.07, 6.45) is 0.401. The molecule has 0 saturated heterocycles. The largest absolute Gasteiger partial charge is 0.497 e. The standard InChI is InChI=1S/C20H18BrN3O3/c1-12-9-14(5-8-16(12)21)22-20(26)17-11-19(25)24-18(23-17)10-13-3-6-15(27-2)7-4-13/h3-9,11H,10H2,1-2H3,(H,22,26)(H,23,24,25). The highest BCUT2D eigenvalue weighted by molar-refractivity contribution is 9.10. The number of aromatic nitrogens is 2. The van der Waals surface area contributed by atoms with E-state index in [-0.39, 0.29) is 11.3 Å². The van der Waals surface area contributed by atoms with Crippen LogP contribution in [-0.4, -0.2) is 23.0 Å². The van der Waals surface area contributed by atoms with Crippen molar-refractivity contribution in [3.05, 3.63) is 86.0 Å². The average molecular weight is 428 g/mol. The fourth-order valence-electron chi connectivity index (χ4n) is 2.56. The van der Waals surface area contributed by atoms with E-state index in [1.807, 2.05) is 43.3 Å². The molecule has 0 spiro atoms. The topological polar surface area (TPSA) is 84.1 Å². The quantitative estimate of drug-likeness (QED) is 0.649. The molecule has 7 heteroatoms. The monoisotopic (exact) mass is 427 g/mol. The van der Waals surface area contributed by atoms with Crippen LogP contribution in [0.5, 0.6) is 5.75 Å². The second-order valence-electron chi connectivity index (χ2n) is 6.02. The number of halogens is 1. The van der Waals surface area contributed by atoms with E-state index in [1.54, 1.807) is 13.2 Å². The zero-order valence-corrected chi connectivity index (χ0v) is 16.5. The number of aromatic amines is 1. The lowest BCUT2D eigenvalue weighted by Crippen LogP contribution is -2.20. The maximum atomic E-state index is 12.5. The van der Waals surface area contributed by atoms with E-state index in [9.17, 15) is 9.59 Å². The summed E-state index contributed by atoms with van der Waals surface area (Å²) in [5.74, 6) is 0.738. The van der Waals surface area contributed by atoms with Crippen LogP contribution >= 0.6 is 15.9 Å². The Morgan fingerprint density at radius 1 is 1.19 bits per heavy atom. The van der Waals surface area contributed by atoms with Gasteiger partial charge in [0.2, 0.25) is 0 Å². The number of anilines is 1. The van der Waals surface area contributed by atoms with Crippen molar-refractivity contribution in [1.82, 2.24) is 9.97 Å². The summed E-state index contributed by atoms with van der Waals surface area (Å²) in [6.45, 7) is 1.93. The van der Waals surface area contributed by atoms with Crippen LogP contribution in [0.2, 0.25) is 0 Å². The average Bonchev–Trinajstić information content (AvgIpc) is 2.65. The third kappa shape index (κ3) is 4.83. The highest BCUT2D eigenvalue weighted by atomic mass is 79.9. The molecule has 2 N–H and O–H groups in total. The van der Waals surface area contributed by atoms with Gasteiger partial charge in [-0.1, -0.05) is 28.1 Å². The molecule has 2 aromatic carbocycles. The molecule has 0 aliphatic rings. The fourth-order valence-corrected chi connectivity index (χ4v) is 2.81. The van der Waals surface area contributed by atoms with Crippen LogP contribution in [0.1, 0.15) is 27.4 Å². The lowest BCUT2D eigenvalue weighted by Gasteiger charge is -2.08. The molecule has 1 heterocycles. The van der Waals surface area contributed by atoms with Gasteiger partial charge >= 0.3 is 0 Å². The molecule has 0 radical (unpaired) electrons. The minimum Gasteiger partial charge on any atom is -0.497 e. The van der Waals surface area contributed by atoms with E-state index < -0.39 is 5.91 Å². The van der Waals surface area contributed by atoms with Crippen LogP contribution in [0, 0.1) is 6.92 Å². The van der Waals surface area contributed by atoms with Gasteiger partial charge in [-0.25, -0.2) is 4.98 Å². The number of benzene rings is 2. The van der Waals surface area contributed by atoms with Gasteiger partial charge in [-0.05, 0) is 48.4 Å². The lowest BCUT2D eigenvalue weighted by molar-refractivity contribution is 0.102. The zero-order chi connectivity index (χ0) is 19.4. The van der Waals surface area contributed by atoms with Gasteiger partial charge < -0.3 is 15.0 Å². The molecule has 3 aromatic rings. The normalized spacial score (nSPS) is 10.5. The summed E-state index contributed by atoms with van der Waals surface area (Å²) in [5, 5.41) is 2.77. The molecule has 138 valence electrons. The maximum absolute atomic E-state index is 12.5. The van der Waals surface area contributed by atoms with E-state index >= 15 is 0 Å². The molecule has 6 nitrogen and oxygen atoms in total. The Bertz CT molecular complexity index is 1030. The first-order chi connectivity index (χ1) is 12.9.